The molecule has 5 nitrogen and oxygen atoms in total. The number of aromatic nitrogens is 4. The highest BCUT2D eigenvalue weighted by atomic mass is 32.1. The van der Waals surface area contributed by atoms with Gasteiger partial charge in [-0.15, -0.1) is 0 Å². The first-order chi connectivity index (χ1) is 11.3. The molecular weight excluding hydrogens is 306 g/mol. The predicted molar refractivity (Wildman–Crippen MR) is 92.6 cm³/mol. The van der Waals surface area contributed by atoms with E-state index >= 15 is 0 Å². The summed E-state index contributed by atoms with van der Waals surface area (Å²) in [5.41, 5.74) is 10.2. The zero-order valence-corrected chi connectivity index (χ0v) is 13.2. The number of hydrogen-bond donors (Lipinski definition) is 1. The Bertz CT molecular complexity index is 1010. The second-order valence-electron chi connectivity index (χ2n) is 6.07. The van der Waals surface area contributed by atoms with Gasteiger partial charge in [0.1, 0.15) is 5.52 Å². The van der Waals surface area contributed by atoms with E-state index in [1.54, 1.807) is 11.3 Å². The number of thiazole rings is 1. The van der Waals surface area contributed by atoms with Crippen molar-refractivity contribution in [3.05, 3.63) is 48.4 Å². The Morgan fingerprint density at radius 3 is 2.96 bits per heavy atom. The molecule has 2 N–H and O–H groups in total. The quantitative estimate of drug-likeness (QED) is 0.610. The molecule has 0 saturated heterocycles. The first-order valence-electron chi connectivity index (χ1n) is 7.72. The van der Waals surface area contributed by atoms with Gasteiger partial charge in [-0.25, -0.2) is 15.0 Å². The van der Waals surface area contributed by atoms with Crippen LogP contribution in [0.4, 0.5) is 5.13 Å². The molecule has 114 valence electrons. The molecule has 0 bridgehead atoms. The average molecular weight is 321 g/mol. The number of nitrogens with two attached hydrogens (primary N) is 1. The van der Waals surface area contributed by atoms with Gasteiger partial charge in [0, 0.05) is 12.2 Å². The Morgan fingerprint density at radius 2 is 2.04 bits per heavy atom. The van der Waals surface area contributed by atoms with Crippen molar-refractivity contribution in [1.29, 1.82) is 0 Å². The van der Waals surface area contributed by atoms with Crippen molar-refractivity contribution in [2.24, 2.45) is 0 Å². The Balaban J connectivity index is 1.46. The van der Waals surface area contributed by atoms with Crippen LogP contribution >= 0.6 is 11.3 Å². The summed E-state index contributed by atoms with van der Waals surface area (Å²) in [6.07, 6.45) is 5.94. The molecule has 1 saturated carbocycles. The molecule has 5 rings (SSSR count). The van der Waals surface area contributed by atoms with E-state index in [1.165, 1.54) is 10.3 Å². The van der Waals surface area contributed by atoms with E-state index in [-0.39, 0.29) is 0 Å². The number of benzene rings is 1. The maximum Gasteiger partial charge on any atom is 0.181 e. The summed E-state index contributed by atoms with van der Waals surface area (Å²) in [6.45, 7) is 0. The molecule has 0 atom stereocenters. The lowest BCUT2D eigenvalue weighted by Crippen LogP contribution is -2.25. The van der Waals surface area contributed by atoms with Crippen LogP contribution in [-0.4, -0.2) is 19.5 Å². The van der Waals surface area contributed by atoms with Crippen LogP contribution in [0.3, 0.4) is 0 Å². The van der Waals surface area contributed by atoms with Crippen LogP contribution in [-0.2, 0) is 0 Å². The molecular formula is C17H15N5S. The fourth-order valence-corrected chi connectivity index (χ4v) is 4.29. The first-order valence-corrected chi connectivity index (χ1v) is 8.54. The van der Waals surface area contributed by atoms with Gasteiger partial charge in [0.2, 0.25) is 0 Å². The molecule has 4 aromatic rings. The lowest BCUT2D eigenvalue weighted by atomic mass is 9.75. The minimum absolute atomic E-state index is 0.464. The van der Waals surface area contributed by atoms with Crippen molar-refractivity contribution in [1.82, 2.24) is 19.5 Å². The topological polar surface area (TPSA) is 69.6 Å². The van der Waals surface area contributed by atoms with Crippen molar-refractivity contribution in [2.45, 2.75) is 24.8 Å². The van der Waals surface area contributed by atoms with Crippen molar-refractivity contribution in [3.8, 4) is 0 Å². The van der Waals surface area contributed by atoms with Crippen LogP contribution in [0.2, 0.25) is 0 Å². The van der Waals surface area contributed by atoms with Gasteiger partial charge in [0.15, 0.2) is 10.8 Å². The summed E-state index contributed by atoms with van der Waals surface area (Å²) in [4.78, 5) is 13.4. The van der Waals surface area contributed by atoms with E-state index in [0.717, 1.165) is 29.5 Å². The fraction of sp³-hybridized carbons (Fsp3) is 0.235. The Hall–Kier alpha value is -2.47. The molecule has 6 heteroatoms. The van der Waals surface area contributed by atoms with E-state index in [4.69, 9.17) is 5.73 Å². The monoisotopic (exact) mass is 321 g/mol. The number of hydrogen-bond acceptors (Lipinski definition) is 5. The molecule has 0 aliphatic heterocycles. The van der Waals surface area contributed by atoms with Crippen LogP contribution < -0.4 is 5.73 Å². The van der Waals surface area contributed by atoms with E-state index in [0.29, 0.717) is 17.1 Å². The summed E-state index contributed by atoms with van der Waals surface area (Å²) in [5, 5.41) is 0.646. The fourth-order valence-electron chi connectivity index (χ4n) is 3.52. The normalized spacial score (nSPS) is 20.9. The summed E-state index contributed by atoms with van der Waals surface area (Å²) in [6, 6.07) is 10.8. The number of fused-ring (bicyclic) bond motifs is 2. The standard InChI is InChI=1S/C17H15N5S/c18-17-21-15-12(3-1-5-14(15)23-17)10-7-11(8-10)22-9-20-13-4-2-6-19-16(13)22/h1-6,9-11H,7-8H2,(H2,18,21). The van der Waals surface area contributed by atoms with Gasteiger partial charge in [-0.2, -0.15) is 0 Å². The van der Waals surface area contributed by atoms with Gasteiger partial charge in [0.05, 0.1) is 16.5 Å². The number of para-hydroxylation sites is 1. The molecule has 0 amide bonds. The maximum absolute atomic E-state index is 5.87. The summed E-state index contributed by atoms with van der Waals surface area (Å²) in [5.74, 6) is 0.534. The molecule has 0 unspecified atom stereocenters. The number of rotatable bonds is 2. The van der Waals surface area contributed by atoms with Gasteiger partial charge in [-0.3, -0.25) is 0 Å². The number of anilines is 1. The highest BCUT2D eigenvalue weighted by Gasteiger charge is 2.34. The zero-order valence-electron chi connectivity index (χ0n) is 12.4. The third-order valence-electron chi connectivity index (χ3n) is 4.75. The van der Waals surface area contributed by atoms with E-state index < -0.39 is 0 Å². The molecule has 1 aliphatic rings. The van der Waals surface area contributed by atoms with Gasteiger partial charge in [-0.1, -0.05) is 23.5 Å². The highest BCUT2D eigenvalue weighted by molar-refractivity contribution is 7.22. The zero-order chi connectivity index (χ0) is 15.4. The Morgan fingerprint density at radius 1 is 1.13 bits per heavy atom. The smallest absolute Gasteiger partial charge is 0.181 e. The third kappa shape index (κ3) is 1.95. The second-order valence-corrected chi connectivity index (χ2v) is 7.13. The van der Waals surface area contributed by atoms with E-state index in [1.807, 2.05) is 24.7 Å². The summed E-state index contributed by atoms with van der Waals surface area (Å²) < 4.78 is 3.39. The van der Waals surface area contributed by atoms with Crippen LogP contribution in [0.15, 0.2) is 42.9 Å². The minimum atomic E-state index is 0.464. The number of pyridine rings is 1. The van der Waals surface area contributed by atoms with Crippen molar-refractivity contribution in [3.63, 3.8) is 0 Å². The SMILES string of the molecule is Nc1nc2c(C3CC(n4cnc5cccnc54)C3)cccc2s1. The number of imidazole rings is 1. The third-order valence-corrected chi connectivity index (χ3v) is 5.59. The predicted octanol–water partition coefficient (Wildman–Crippen LogP) is 3.74. The molecule has 3 aromatic heterocycles. The second kappa shape index (κ2) is 4.76. The highest BCUT2D eigenvalue weighted by Crippen LogP contribution is 2.47. The van der Waals surface area contributed by atoms with Crippen LogP contribution in [0, 0.1) is 0 Å². The van der Waals surface area contributed by atoms with Gasteiger partial charge < -0.3 is 10.3 Å². The van der Waals surface area contributed by atoms with E-state index in [9.17, 15) is 0 Å². The number of nitrogens with zero attached hydrogens (tertiary/aromatic N) is 4. The van der Waals surface area contributed by atoms with Crippen LogP contribution in [0.25, 0.3) is 21.4 Å². The molecule has 0 radical (unpaired) electrons. The number of nitrogen functional groups attached to an aromatic ring is 1. The Kier molecular flexibility index (Phi) is 2.69. The van der Waals surface area contributed by atoms with Gasteiger partial charge in [0.25, 0.3) is 0 Å². The lowest BCUT2D eigenvalue weighted by molar-refractivity contribution is 0.270. The average Bonchev–Trinajstić information content (AvgIpc) is 3.09. The van der Waals surface area contributed by atoms with Crippen molar-refractivity contribution < 1.29 is 0 Å². The van der Waals surface area contributed by atoms with Gasteiger partial charge >= 0.3 is 0 Å². The minimum Gasteiger partial charge on any atom is -0.375 e. The Labute approximate surface area is 136 Å². The van der Waals surface area contributed by atoms with Crippen molar-refractivity contribution >= 4 is 37.8 Å². The summed E-state index contributed by atoms with van der Waals surface area (Å²) >= 11 is 1.56. The lowest BCUT2D eigenvalue weighted by Gasteiger charge is -2.36. The largest absolute Gasteiger partial charge is 0.375 e. The van der Waals surface area contributed by atoms with Crippen molar-refractivity contribution in [2.75, 3.05) is 5.73 Å². The summed E-state index contributed by atoms with van der Waals surface area (Å²) in [7, 11) is 0. The molecule has 0 spiro atoms. The molecule has 1 fully saturated rings. The molecule has 1 aliphatic carbocycles. The first kappa shape index (κ1) is 13.0. The molecule has 1 aromatic carbocycles. The maximum atomic E-state index is 5.87. The van der Waals surface area contributed by atoms with Gasteiger partial charge in [-0.05, 0) is 42.5 Å². The van der Waals surface area contributed by atoms with Crippen LogP contribution in [0.1, 0.15) is 30.4 Å². The van der Waals surface area contributed by atoms with Crippen LogP contribution in [0.5, 0.6) is 0 Å². The molecule has 3 heterocycles. The molecule has 23 heavy (non-hydrogen) atoms. The van der Waals surface area contributed by atoms with E-state index in [2.05, 4.69) is 37.7 Å².